The number of thioether (sulfide) groups is 1. The molecule has 0 spiro atoms. The number of carbonyl (C=O) groups is 2. The van der Waals surface area contributed by atoms with E-state index in [1.807, 2.05) is 65.6 Å². The third kappa shape index (κ3) is 5.10. The minimum Gasteiger partial charge on any atom is -0.349 e. The van der Waals surface area contributed by atoms with Crippen LogP contribution in [0.2, 0.25) is 0 Å². The van der Waals surface area contributed by atoms with Crippen LogP contribution in [0.4, 0.5) is 0 Å². The first-order chi connectivity index (χ1) is 12.2. The number of carbonyl (C=O) groups excluding carboxylic acids is 2. The van der Waals surface area contributed by atoms with Crippen LogP contribution in [-0.2, 0) is 4.79 Å². The summed E-state index contributed by atoms with van der Waals surface area (Å²) in [5.41, 5.74) is 0.681. The van der Waals surface area contributed by atoms with E-state index in [2.05, 4.69) is 5.32 Å². The highest BCUT2D eigenvalue weighted by Gasteiger charge is 2.24. The number of likely N-dealkylation sites (tertiary alicyclic amines) is 1. The monoisotopic (exact) mass is 354 g/mol. The van der Waals surface area contributed by atoms with E-state index < -0.39 is 0 Å². The van der Waals surface area contributed by atoms with Gasteiger partial charge in [0.15, 0.2) is 0 Å². The number of nitrogens with one attached hydrogen (secondary N) is 1. The van der Waals surface area contributed by atoms with E-state index in [1.165, 1.54) is 0 Å². The molecule has 1 N–H and O–H groups in total. The molecular weight excluding hydrogens is 332 g/mol. The highest BCUT2D eigenvalue weighted by atomic mass is 32.2. The lowest BCUT2D eigenvalue weighted by molar-refractivity contribution is -0.129. The van der Waals surface area contributed by atoms with E-state index >= 15 is 0 Å². The zero-order valence-electron chi connectivity index (χ0n) is 14.1. The molecule has 0 aromatic heterocycles. The van der Waals surface area contributed by atoms with E-state index in [0.29, 0.717) is 24.4 Å². The molecule has 1 aliphatic heterocycles. The Labute approximate surface area is 152 Å². The van der Waals surface area contributed by atoms with E-state index in [0.717, 1.165) is 17.7 Å². The Kier molecular flexibility index (Phi) is 6.12. The predicted molar refractivity (Wildman–Crippen MR) is 101 cm³/mol. The molecular formula is C20H22N2O2S. The number of rotatable bonds is 5. The number of hydrogen-bond donors (Lipinski definition) is 1. The van der Waals surface area contributed by atoms with Crippen LogP contribution >= 0.6 is 11.8 Å². The van der Waals surface area contributed by atoms with Crippen LogP contribution in [0.5, 0.6) is 0 Å². The Hall–Kier alpha value is -2.27. The van der Waals surface area contributed by atoms with Gasteiger partial charge in [0, 0.05) is 29.6 Å². The van der Waals surface area contributed by atoms with Crippen LogP contribution < -0.4 is 5.32 Å². The zero-order valence-corrected chi connectivity index (χ0v) is 14.9. The molecule has 25 heavy (non-hydrogen) atoms. The topological polar surface area (TPSA) is 49.4 Å². The van der Waals surface area contributed by atoms with Crippen molar-refractivity contribution in [2.75, 3.05) is 18.8 Å². The molecule has 1 heterocycles. The zero-order chi connectivity index (χ0) is 17.5. The van der Waals surface area contributed by atoms with Crippen molar-refractivity contribution in [3.05, 3.63) is 66.2 Å². The molecule has 2 aromatic carbocycles. The van der Waals surface area contributed by atoms with Gasteiger partial charge in [-0.05, 0) is 37.1 Å². The molecule has 0 radical (unpaired) electrons. The van der Waals surface area contributed by atoms with E-state index in [1.54, 1.807) is 11.8 Å². The minimum absolute atomic E-state index is 0.0370. The molecule has 0 saturated carbocycles. The Morgan fingerprint density at radius 3 is 2.20 bits per heavy atom. The second kappa shape index (κ2) is 8.72. The molecule has 1 saturated heterocycles. The van der Waals surface area contributed by atoms with Gasteiger partial charge in [-0.15, -0.1) is 11.8 Å². The number of nitrogens with zero attached hydrogens (tertiary/aromatic N) is 1. The fourth-order valence-corrected chi connectivity index (χ4v) is 3.71. The van der Waals surface area contributed by atoms with E-state index in [-0.39, 0.29) is 17.9 Å². The van der Waals surface area contributed by atoms with E-state index in [4.69, 9.17) is 0 Å². The highest BCUT2D eigenvalue weighted by molar-refractivity contribution is 8.00. The minimum atomic E-state index is -0.0370. The summed E-state index contributed by atoms with van der Waals surface area (Å²) >= 11 is 1.57. The number of piperidine rings is 1. The van der Waals surface area contributed by atoms with Gasteiger partial charge in [0.2, 0.25) is 5.91 Å². The van der Waals surface area contributed by atoms with Gasteiger partial charge in [0.25, 0.3) is 5.91 Å². The van der Waals surface area contributed by atoms with Gasteiger partial charge in [-0.2, -0.15) is 0 Å². The molecule has 0 atom stereocenters. The van der Waals surface area contributed by atoms with Gasteiger partial charge in [-0.25, -0.2) is 0 Å². The average molecular weight is 354 g/mol. The molecule has 3 rings (SSSR count). The quantitative estimate of drug-likeness (QED) is 0.839. The van der Waals surface area contributed by atoms with Gasteiger partial charge in [-0.3, -0.25) is 9.59 Å². The lowest BCUT2D eigenvalue weighted by Crippen LogP contribution is -2.47. The maximum atomic E-state index is 12.3. The van der Waals surface area contributed by atoms with Gasteiger partial charge in [0.1, 0.15) is 0 Å². The first-order valence-corrected chi connectivity index (χ1v) is 9.52. The van der Waals surface area contributed by atoms with Crippen LogP contribution in [0.25, 0.3) is 0 Å². The predicted octanol–water partition coefficient (Wildman–Crippen LogP) is 3.20. The largest absolute Gasteiger partial charge is 0.349 e. The molecule has 0 bridgehead atoms. The molecule has 4 nitrogen and oxygen atoms in total. The number of amides is 2. The van der Waals surface area contributed by atoms with Crippen molar-refractivity contribution in [3.8, 4) is 0 Å². The fraction of sp³-hybridized carbons (Fsp3) is 0.300. The first kappa shape index (κ1) is 17.5. The summed E-state index contributed by atoms with van der Waals surface area (Å²) in [6, 6.07) is 19.4. The lowest BCUT2D eigenvalue weighted by atomic mass is 10.0. The second-order valence-electron chi connectivity index (χ2n) is 6.10. The van der Waals surface area contributed by atoms with Crippen molar-refractivity contribution >= 4 is 23.6 Å². The lowest BCUT2D eigenvalue weighted by Gasteiger charge is -2.32. The molecule has 1 fully saturated rings. The Morgan fingerprint density at radius 1 is 0.960 bits per heavy atom. The molecule has 1 aliphatic rings. The highest BCUT2D eigenvalue weighted by Crippen LogP contribution is 2.19. The molecule has 0 unspecified atom stereocenters. The van der Waals surface area contributed by atoms with Gasteiger partial charge < -0.3 is 10.2 Å². The summed E-state index contributed by atoms with van der Waals surface area (Å²) in [5, 5.41) is 3.07. The third-order valence-electron chi connectivity index (χ3n) is 4.32. The number of benzene rings is 2. The standard InChI is InChI=1S/C20H22N2O2S/c23-19(15-25-18-9-5-2-6-10-18)22-13-11-17(12-14-22)21-20(24)16-7-3-1-4-8-16/h1-10,17H,11-15H2,(H,21,24). The van der Waals surface area contributed by atoms with Crippen LogP contribution in [0, 0.1) is 0 Å². The van der Waals surface area contributed by atoms with Crippen molar-refractivity contribution in [3.63, 3.8) is 0 Å². The summed E-state index contributed by atoms with van der Waals surface area (Å²) in [6.45, 7) is 1.40. The maximum absolute atomic E-state index is 12.3. The molecule has 130 valence electrons. The maximum Gasteiger partial charge on any atom is 0.251 e. The Balaban J connectivity index is 1.42. The smallest absolute Gasteiger partial charge is 0.251 e. The second-order valence-corrected chi connectivity index (χ2v) is 7.15. The Bertz CT molecular complexity index is 698. The molecule has 5 heteroatoms. The summed E-state index contributed by atoms with van der Waals surface area (Å²) in [4.78, 5) is 27.5. The van der Waals surface area contributed by atoms with Gasteiger partial charge >= 0.3 is 0 Å². The van der Waals surface area contributed by atoms with Gasteiger partial charge in [0.05, 0.1) is 5.75 Å². The van der Waals surface area contributed by atoms with Crippen LogP contribution in [0.15, 0.2) is 65.6 Å². The summed E-state index contributed by atoms with van der Waals surface area (Å²) < 4.78 is 0. The van der Waals surface area contributed by atoms with Crippen LogP contribution in [-0.4, -0.2) is 41.6 Å². The molecule has 2 amide bonds. The van der Waals surface area contributed by atoms with Crippen molar-refractivity contribution in [1.82, 2.24) is 10.2 Å². The SMILES string of the molecule is O=C(NC1CCN(C(=O)CSc2ccccc2)CC1)c1ccccc1. The summed E-state index contributed by atoms with van der Waals surface area (Å²) in [7, 11) is 0. The van der Waals surface area contributed by atoms with Crippen molar-refractivity contribution < 1.29 is 9.59 Å². The van der Waals surface area contributed by atoms with Crippen molar-refractivity contribution in [1.29, 1.82) is 0 Å². The van der Waals surface area contributed by atoms with Gasteiger partial charge in [-0.1, -0.05) is 36.4 Å². The first-order valence-electron chi connectivity index (χ1n) is 8.54. The van der Waals surface area contributed by atoms with Crippen LogP contribution in [0.3, 0.4) is 0 Å². The Morgan fingerprint density at radius 2 is 1.56 bits per heavy atom. The normalized spacial score (nSPS) is 15.0. The van der Waals surface area contributed by atoms with Crippen molar-refractivity contribution in [2.45, 2.75) is 23.8 Å². The summed E-state index contributed by atoms with van der Waals surface area (Å²) in [5.74, 6) is 0.595. The third-order valence-corrected chi connectivity index (χ3v) is 5.32. The average Bonchev–Trinajstić information content (AvgIpc) is 2.68. The van der Waals surface area contributed by atoms with Crippen LogP contribution in [0.1, 0.15) is 23.2 Å². The fourth-order valence-electron chi connectivity index (χ4n) is 2.88. The number of hydrogen-bond acceptors (Lipinski definition) is 3. The molecule has 2 aromatic rings. The van der Waals surface area contributed by atoms with E-state index in [9.17, 15) is 9.59 Å². The molecule has 0 aliphatic carbocycles. The van der Waals surface area contributed by atoms with Crippen molar-refractivity contribution in [2.24, 2.45) is 0 Å². The summed E-state index contributed by atoms with van der Waals surface area (Å²) in [6.07, 6.45) is 1.61.